The number of amides is 1. The van der Waals surface area contributed by atoms with Crippen LogP contribution >= 0.6 is 11.6 Å². The van der Waals surface area contributed by atoms with Gasteiger partial charge in [-0.25, -0.2) is 8.42 Å². The van der Waals surface area contributed by atoms with Gasteiger partial charge in [-0.2, -0.15) is 0 Å². The first kappa shape index (κ1) is 28.2. The van der Waals surface area contributed by atoms with Crippen LogP contribution in [0.25, 0.3) is 0 Å². The van der Waals surface area contributed by atoms with Crippen LogP contribution in [0.3, 0.4) is 0 Å². The Bertz CT molecular complexity index is 1410. The third-order valence-electron chi connectivity index (χ3n) is 5.87. The number of anilines is 2. The number of carbonyl (C=O) groups excluding carboxylic acids is 2. The summed E-state index contributed by atoms with van der Waals surface area (Å²) in [5.41, 5.74) is 2.51. The van der Waals surface area contributed by atoms with Crippen LogP contribution in [0.4, 0.5) is 11.4 Å². The molecule has 0 spiro atoms. The second-order valence-corrected chi connectivity index (χ2v) is 12.1. The minimum absolute atomic E-state index is 0.0303. The lowest BCUT2D eigenvalue weighted by Crippen LogP contribution is -2.45. The fourth-order valence-corrected chi connectivity index (χ4v) is 5.23. The van der Waals surface area contributed by atoms with Crippen molar-refractivity contribution in [3.63, 3.8) is 0 Å². The molecule has 9 heteroatoms. The van der Waals surface area contributed by atoms with Crippen molar-refractivity contribution >= 4 is 44.7 Å². The van der Waals surface area contributed by atoms with Gasteiger partial charge in [-0.15, -0.1) is 0 Å². The molecule has 0 saturated carbocycles. The van der Waals surface area contributed by atoms with E-state index in [0.717, 1.165) is 16.1 Å². The molecule has 0 heterocycles. The normalized spacial score (nSPS) is 12.5. The zero-order valence-electron chi connectivity index (χ0n) is 21.7. The van der Waals surface area contributed by atoms with Crippen molar-refractivity contribution in [2.24, 2.45) is 0 Å². The van der Waals surface area contributed by atoms with E-state index in [0.29, 0.717) is 21.8 Å². The Morgan fingerprint density at radius 1 is 0.973 bits per heavy atom. The number of hydrogen-bond donors (Lipinski definition) is 1. The molecular weight excluding hydrogens is 512 g/mol. The van der Waals surface area contributed by atoms with E-state index in [-0.39, 0.29) is 22.6 Å². The van der Waals surface area contributed by atoms with Crippen molar-refractivity contribution in [1.82, 2.24) is 0 Å². The Hall–Kier alpha value is -3.36. The summed E-state index contributed by atoms with van der Waals surface area (Å²) < 4.78 is 31.7. The standard InChI is InChI=1S/C28H31ClN2O5S/c1-18(31(37(6,34)35)24-17-22(29)14-15-25(24)36-5)27(33)30-23-9-7-8-20(16-23)26(32)19-10-12-21(13-11-19)28(2,3)4/h7-18H,1-6H3,(H,30,33)/t18-/m0/s1. The van der Waals surface area contributed by atoms with E-state index in [4.69, 9.17) is 16.3 Å². The molecule has 1 atom stereocenters. The van der Waals surface area contributed by atoms with Gasteiger partial charge in [0.05, 0.1) is 19.1 Å². The summed E-state index contributed by atoms with van der Waals surface area (Å²) in [6.45, 7) is 7.77. The van der Waals surface area contributed by atoms with E-state index in [9.17, 15) is 18.0 Å². The van der Waals surface area contributed by atoms with Crippen molar-refractivity contribution in [1.29, 1.82) is 0 Å². The largest absolute Gasteiger partial charge is 0.495 e. The molecule has 1 N–H and O–H groups in total. The summed E-state index contributed by atoms with van der Waals surface area (Å²) in [5.74, 6) is -0.530. The summed E-state index contributed by atoms with van der Waals surface area (Å²) in [6, 6.07) is 17.3. The molecule has 3 aromatic carbocycles. The SMILES string of the molecule is COc1ccc(Cl)cc1N([C@@H](C)C(=O)Nc1cccc(C(=O)c2ccc(C(C)(C)C)cc2)c1)S(C)(=O)=O. The Morgan fingerprint density at radius 2 is 1.62 bits per heavy atom. The zero-order valence-corrected chi connectivity index (χ0v) is 23.3. The molecule has 0 fully saturated rings. The molecule has 0 saturated heterocycles. The molecule has 0 unspecified atom stereocenters. The van der Waals surface area contributed by atoms with E-state index in [1.165, 1.54) is 26.2 Å². The summed E-state index contributed by atoms with van der Waals surface area (Å²) in [7, 11) is -2.50. The van der Waals surface area contributed by atoms with Crippen molar-refractivity contribution < 1.29 is 22.7 Å². The molecule has 37 heavy (non-hydrogen) atoms. The number of carbonyl (C=O) groups is 2. The molecule has 0 aliphatic heterocycles. The van der Waals surface area contributed by atoms with Gasteiger partial charge in [-0.3, -0.25) is 13.9 Å². The molecule has 3 rings (SSSR count). The summed E-state index contributed by atoms with van der Waals surface area (Å²) in [5, 5.41) is 3.01. The second-order valence-electron chi connectivity index (χ2n) is 9.78. The van der Waals surface area contributed by atoms with Crippen molar-refractivity contribution in [3.8, 4) is 5.75 Å². The van der Waals surface area contributed by atoms with Crippen molar-refractivity contribution in [2.45, 2.75) is 39.2 Å². The number of rotatable bonds is 8. The highest BCUT2D eigenvalue weighted by atomic mass is 35.5. The van der Waals surface area contributed by atoms with Gasteiger partial charge in [0, 0.05) is 21.8 Å². The predicted octanol–water partition coefficient (Wildman–Crippen LogP) is 5.67. The highest BCUT2D eigenvalue weighted by Crippen LogP contribution is 2.34. The van der Waals surface area contributed by atoms with Crippen molar-refractivity contribution in [3.05, 3.63) is 88.4 Å². The molecule has 0 aliphatic rings. The number of hydrogen-bond acceptors (Lipinski definition) is 5. The molecule has 0 aliphatic carbocycles. The number of methoxy groups -OCH3 is 1. The number of halogens is 1. The zero-order chi connectivity index (χ0) is 27.5. The molecule has 7 nitrogen and oxygen atoms in total. The lowest BCUT2D eigenvalue weighted by atomic mass is 9.86. The van der Waals surface area contributed by atoms with Crippen LogP contribution in [0.5, 0.6) is 5.75 Å². The van der Waals surface area contributed by atoms with Gasteiger partial charge >= 0.3 is 0 Å². The van der Waals surface area contributed by atoms with Crippen LogP contribution in [0.1, 0.15) is 49.2 Å². The molecular formula is C28H31ClN2O5S. The predicted molar refractivity (Wildman–Crippen MR) is 148 cm³/mol. The van der Waals surface area contributed by atoms with Crippen LogP contribution in [-0.2, 0) is 20.2 Å². The topological polar surface area (TPSA) is 92.8 Å². The van der Waals surface area contributed by atoms with Gasteiger partial charge in [0.2, 0.25) is 15.9 Å². The van der Waals surface area contributed by atoms with E-state index in [1.54, 1.807) is 42.5 Å². The maximum absolute atomic E-state index is 13.2. The molecule has 0 radical (unpaired) electrons. The van der Waals surface area contributed by atoms with E-state index in [2.05, 4.69) is 26.1 Å². The molecule has 3 aromatic rings. The number of ether oxygens (including phenoxy) is 1. The molecule has 1 amide bonds. The van der Waals surface area contributed by atoms with Crippen molar-refractivity contribution in [2.75, 3.05) is 23.0 Å². The van der Waals surface area contributed by atoms with Crippen LogP contribution < -0.4 is 14.4 Å². The third kappa shape index (κ3) is 6.70. The van der Waals surface area contributed by atoms with E-state index in [1.807, 2.05) is 12.1 Å². The fraction of sp³-hybridized carbons (Fsp3) is 0.286. The van der Waals surface area contributed by atoms with Crippen LogP contribution in [0.15, 0.2) is 66.7 Å². The average Bonchev–Trinajstić information content (AvgIpc) is 2.82. The smallest absolute Gasteiger partial charge is 0.247 e. The van der Waals surface area contributed by atoms with Crippen LogP contribution in [0.2, 0.25) is 5.02 Å². The lowest BCUT2D eigenvalue weighted by molar-refractivity contribution is -0.116. The summed E-state index contributed by atoms with van der Waals surface area (Å²) in [6.07, 6.45) is 1.00. The average molecular weight is 543 g/mol. The second kappa shape index (κ2) is 10.9. The van der Waals surface area contributed by atoms with E-state index >= 15 is 0 Å². The number of benzene rings is 3. The first-order valence-electron chi connectivity index (χ1n) is 11.6. The van der Waals surface area contributed by atoms with Gasteiger partial charge < -0.3 is 10.1 Å². The minimum Gasteiger partial charge on any atom is -0.495 e. The molecule has 0 bridgehead atoms. The maximum atomic E-state index is 13.2. The van der Waals surface area contributed by atoms with E-state index < -0.39 is 22.0 Å². The maximum Gasteiger partial charge on any atom is 0.247 e. The minimum atomic E-state index is -3.90. The Morgan fingerprint density at radius 3 is 2.19 bits per heavy atom. The molecule has 196 valence electrons. The Labute approximate surface area is 223 Å². The Kier molecular flexibility index (Phi) is 8.35. The number of ketones is 1. The fourth-order valence-electron chi connectivity index (χ4n) is 3.89. The van der Waals surface area contributed by atoms with Gasteiger partial charge in [-0.05, 0) is 48.2 Å². The monoisotopic (exact) mass is 542 g/mol. The number of nitrogens with one attached hydrogen (secondary N) is 1. The Balaban J connectivity index is 1.86. The number of nitrogens with zero attached hydrogens (tertiary/aromatic N) is 1. The third-order valence-corrected chi connectivity index (χ3v) is 7.33. The molecule has 0 aromatic heterocycles. The number of sulfonamides is 1. The summed E-state index contributed by atoms with van der Waals surface area (Å²) >= 11 is 6.10. The van der Waals surface area contributed by atoms with Gasteiger partial charge in [0.1, 0.15) is 11.8 Å². The summed E-state index contributed by atoms with van der Waals surface area (Å²) in [4.78, 5) is 26.2. The lowest BCUT2D eigenvalue weighted by Gasteiger charge is -2.29. The first-order valence-corrected chi connectivity index (χ1v) is 13.8. The van der Waals surface area contributed by atoms with Gasteiger partial charge in [-0.1, -0.05) is 68.8 Å². The van der Waals surface area contributed by atoms with Gasteiger partial charge in [0.15, 0.2) is 5.78 Å². The first-order chi connectivity index (χ1) is 17.2. The van der Waals surface area contributed by atoms with Crippen LogP contribution in [0, 0.1) is 0 Å². The van der Waals surface area contributed by atoms with Crippen LogP contribution in [-0.4, -0.2) is 39.5 Å². The van der Waals surface area contributed by atoms with Gasteiger partial charge in [0.25, 0.3) is 0 Å². The highest BCUT2D eigenvalue weighted by Gasteiger charge is 2.31. The highest BCUT2D eigenvalue weighted by molar-refractivity contribution is 7.92. The quantitative estimate of drug-likeness (QED) is 0.370.